The van der Waals surface area contributed by atoms with E-state index in [0.717, 1.165) is 11.4 Å². The summed E-state index contributed by atoms with van der Waals surface area (Å²) < 4.78 is 2.40. The highest BCUT2D eigenvalue weighted by atomic mass is 32.1. The summed E-state index contributed by atoms with van der Waals surface area (Å²) in [7, 11) is 0. The molecule has 1 aliphatic rings. The first-order valence-corrected chi connectivity index (χ1v) is 6.00. The number of aromatic amines is 1. The minimum Gasteiger partial charge on any atom is -0.354 e. The Hall–Kier alpha value is -2.02. The lowest BCUT2D eigenvalue weighted by molar-refractivity contribution is -0.119. The second kappa shape index (κ2) is 4.34. The number of nitrogens with one attached hydrogen (secondary N) is 2. The Kier molecular flexibility index (Phi) is 2.67. The third-order valence-electron chi connectivity index (χ3n) is 2.95. The zero-order valence-corrected chi connectivity index (χ0v) is 10.3. The topological polar surface area (TPSA) is 75.6 Å². The zero-order valence-electron chi connectivity index (χ0n) is 9.46. The van der Waals surface area contributed by atoms with Crippen LogP contribution in [0.15, 0.2) is 24.5 Å². The van der Waals surface area contributed by atoms with E-state index < -0.39 is 0 Å². The third-order valence-corrected chi connectivity index (χ3v) is 3.23. The molecule has 1 saturated heterocycles. The molecule has 2 aromatic heterocycles. The predicted octanol–water partition coefficient (Wildman–Crippen LogP) is 1.06. The molecule has 0 radical (unpaired) electrons. The molecule has 3 rings (SSSR count). The minimum absolute atomic E-state index is 0.0129. The molecule has 0 aromatic carbocycles. The minimum atomic E-state index is 0.0129. The summed E-state index contributed by atoms with van der Waals surface area (Å²) >= 11 is 5.23. The van der Waals surface area contributed by atoms with Gasteiger partial charge in [0.2, 0.25) is 5.91 Å². The largest absolute Gasteiger partial charge is 0.354 e. The Morgan fingerprint density at radius 3 is 3.06 bits per heavy atom. The van der Waals surface area contributed by atoms with Crippen molar-refractivity contribution in [3.05, 3.63) is 29.3 Å². The smallest absolute Gasteiger partial charge is 0.222 e. The molecule has 0 bridgehead atoms. The van der Waals surface area contributed by atoms with Crippen LogP contribution in [0.3, 0.4) is 0 Å². The summed E-state index contributed by atoms with van der Waals surface area (Å²) in [6.07, 6.45) is 3.86. The highest BCUT2D eigenvalue weighted by Gasteiger charge is 2.26. The van der Waals surface area contributed by atoms with Gasteiger partial charge in [-0.25, -0.2) is 0 Å². The van der Waals surface area contributed by atoms with E-state index in [1.807, 2.05) is 16.7 Å². The first-order valence-electron chi connectivity index (χ1n) is 5.59. The molecule has 0 saturated carbocycles. The van der Waals surface area contributed by atoms with Crippen LogP contribution in [0.1, 0.15) is 12.5 Å². The van der Waals surface area contributed by atoms with Gasteiger partial charge in [-0.15, -0.1) is 0 Å². The maximum atomic E-state index is 11.3. The van der Waals surface area contributed by atoms with Crippen LogP contribution in [0.25, 0.3) is 11.4 Å². The molecule has 1 atom stereocenters. The lowest BCUT2D eigenvalue weighted by Gasteiger charge is -2.11. The number of H-pyrrole nitrogens is 1. The first kappa shape index (κ1) is 11.1. The van der Waals surface area contributed by atoms with Crippen molar-refractivity contribution in [1.82, 2.24) is 25.1 Å². The lowest BCUT2D eigenvalue weighted by Crippen LogP contribution is -2.16. The van der Waals surface area contributed by atoms with Crippen LogP contribution in [-0.2, 0) is 4.79 Å². The molecule has 1 fully saturated rings. The Morgan fingerprint density at radius 2 is 2.39 bits per heavy atom. The summed E-state index contributed by atoms with van der Waals surface area (Å²) in [5.41, 5.74) is 0.879. The second-order valence-electron chi connectivity index (χ2n) is 4.13. The molecule has 7 heteroatoms. The van der Waals surface area contributed by atoms with Gasteiger partial charge < -0.3 is 5.32 Å². The van der Waals surface area contributed by atoms with Gasteiger partial charge in [0.05, 0.1) is 6.04 Å². The van der Waals surface area contributed by atoms with Crippen molar-refractivity contribution < 1.29 is 4.79 Å². The number of hydrogen-bond acceptors (Lipinski definition) is 4. The fourth-order valence-corrected chi connectivity index (χ4v) is 2.40. The standard InChI is InChI=1S/C11H11N5OS/c17-9-4-8(6-13-9)16-10(14-15-11(16)18)7-2-1-3-12-5-7/h1-3,5,8H,4,6H2,(H,13,17)(H,15,18). The normalized spacial score (nSPS) is 18.9. The average molecular weight is 261 g/mol. The van der Waals surface area contributed by atoms with Gasteiger partial charge in [0, 0.05) is 30.9 Å². The molecule has 3 heterocycles. The monoisotopic (exact) mass is 261 g/mol. The van der Waals surface area contributed by atoms with Gasteiger partial charge >= 0.3 is 0 Å². The summed E-state index contributed by atoms with van der Waals surface area (Å²) in [5.74, 6) is 0.759. The molecule has 6 nitrogen and oxygen atoms in total. The number of hydrogen-bond donors (Lipinski definition) is 2. The first-order chi connectivity index (χ1) is 8.75. The van der Waals surface area contributed by atoms with E-state index in [0.29, 0.717) is 17.7 Å². The van der Waals surface area contributed by atoms with Crippen LogP contribution in [0.5, 0.6) is 0 Å². The molecule has 2 aromatic rings. The molecule has 2 N–H and O–H groups in total. The number of pyridine rings is 1. The quantitative estimate of drug-likeness (QED) is 0.793. The average Bonchev–Trinajstić information content (AvgIpc) is 2.96. The fraction of sp³-hybridized carbons (Fsp3) is 0.273. The maximum Gasteiger partial charge on any atom is 0.222 e. The van der Waals surface area contributed by atoms with Crippen molar-refractivity contribution in [2.45, 2.75) is 12.5 Å². The van der Waals surface area contributed by atoms with Gasteiger partial charge in [0.25, 0.3) is 0 Å². The van der Waals surface area contributed by atoms with E-state index in [2.05, 4.69) is 20.5 Å². The van der Waals surface area contributed by atoms with E-state index in [1.54, 1.807) is 12.4 Å². The van der Waals surface area contributed by atoms with Crippen LogP contribution in [-0.4, -0.2) is 32.2 Å². The molecular formula is C11H11N5OS. The van der Waals surface area contributed by atoms with Crippen LogP contribution in [0.4, 0.5) is 0 Å². The lowest BCUT2D eigenvalue weighted by atomic mass is 10.2. The van der Waals surface area contributed by atoms with Crippen LogP contribution in [0, 0.1) is 4.77 Å². The van der Waals surface area contributed by atoms with Crippen LogP contribution < -0.4 is 5.32 Å². The summed E-state index contributed by atoms with van der Waals surface area (Å²) in [6.45, 7) is 0.583. The SMILES string of the molecule is O=C1CC(n2c(-c3cccnc3)n[nH]c2=S)CN1. The molecule has 92 valence electrons. The van der Waals surface area contributed by atoms with E-state index in [9.17, 15) is 4.79 Å². The molecule has 1 aliphatic heterocycles. The van der Waals surface area contributed by atoms with Gasteiger partial charge in [-0.05, 0) is 24.4 Å². The number of nitrogens with zero attached hydrogens (tertiary/aromatic N) is 3. The number of rotatable bonds is 2. The van der Waals surface area contributed by atoms with Crippen molar-refractivity contribution in [2.24, 2.45) is 0 Å². The number of amides is 1. The molecule has 18 heavy (non-hydrogen) atoms. The number of carbonyl (C=O) groups is 1. The predicted molar refractivity (Wildman–Crippen MR) is 67.3 cm³/mol. The van der Waals surface area contributed by atoms with Crippen molar-refractivity contribution >= 4 is 18.1 Å². The summed E-state index contributed by atoms with van der Waals surface area (Å²) in [5, 5.41) is 9.80. The Balaban J connectivity index is 2.07. The summed E-state index contributed by atoms with van der Waals surface area (Å²) in [6, 6.07) is 3.77. The Labute approximate surface area is 108 Å². The van der Waals surface area contributed by atoms with Crippen molar-refractivity contribution in [2.75, 3.05) is 6.54 Å². The molecule has 0 spiro atoms. The fourth-order valence-electron chi connectivity index (χ4n) is 2.11. The van der Waals surface area contributed by atoms with Gasteiger partial charge in [-0.3, -0.25) is 19.4 Å². The Bertz CT molecular complexity index is 632. The van der Waals surface area contributed by atoms with E-state index in [1.165, 1.54) is 0 Å². The van der Waals surface area contributed by atoms with Gasteiger partial charge in [-0.1, -0.05) is 0 Å². The van der Waals surface area contributed by atoms with E-state index in [-0.39, 0.29) is 11.9 Å². The Morgan fingerprint density at radius 1 is 1.50 bits per heavy atom. The van der Waals surface area contributed by atoms with Gasteiger partial charge in [-0.2, -0.15) is 5.10 Å². The highest BCUT2D eigenvalue weighted by molar-refractivity contribution is 7.71. The third kappa shape index (κ3) is 1.82. The van der Waals surface area contributed by atoms with Crippen LogP contribution in [0.2, 0.25) is 0 Å². The van der Waals surface area contributed by atoms with E-state index >= 15 is 0 Å². The van der Waals surface area contributed by atoms with Crippen molar-refractivity contribution in [3.8, 4) is 11.4 Å². The van der Waals surface area contributed by atoms with Crippen molar-refractivity contribution in [1.29, 1.82) is 0 Å². The summed E-state index contributed by atoms with van der Waals surface area (Å²) in [4.78, 5) is 15.4. The van der Waals surface area contributed by atoms with Gasteiger partial charge in [0.15, 0.2) is 10.6 Å². The van der Waals surface area contributed by atoms with Gasteiger partial charge in [0.1, 0.15) is 0 Å². The molecular weight excluding hydrogens is 250 g/mol. The molecule has 0 aliphatic carbocycles. The zero-order chi connectivity index (χ0) is 12.5. The molecule has 1 unspecified atom stereocenters. The van der Waals surface area contributed by atoms with Crippen molar-refractivity contribution in [3.63, 3.8) is 0 Å². The second-order valence-corrected chi connectivity index (χ2v) is 4.51. The van der Waals surface area contributed by atoms with E-state index in [4.69, 9.17) is 12.2 Å². The highest BCUT2D eigenvalue weighted by Crippen LogP contribution is 2.24. The van der Waals surface area contributed by atoms with Crippen LogP contribution >= 0.6 is 12.2 Å². The molecule has 1 amide bonds. The maximum absolute atomic E-state index is 11.3. The number of aromatic nitrogens is 4. The number of carbonyl (C=O) groups excluding carboxylic acids is 1.